The normalized spacial score (nSPS) is 10.9. The molecule has 106 valence electrons. The molecule has 0 saturated carbocycles. The number of hydrogen-bond donors (Lipinski definition) is 2. The molecule has 0 fully saturated rings. The Balaban J connectivity index is 2.39. The zero-order valence-electron chi connectivity index (χ0n) is 11.6. The molecule has 2 N–H and O–H groups in total. The van der Waals surface area contributed by atoms with Crippen LogP contribution in [-0.4, -0.2) is 10.1 Å². The van der Waals surface area contributed by atoms with Gasteiger partial charge in [-0.2, -0.15) is 0 Å². The molecule has 0 saturated heterocycles. The molecule has 0 aliphatic carbocycles. The summed E-state index contributed by atoms with van der Waals surface area (Å²) in [5.74, 6) is -0.264. The molecule has 0 spiro atoms. The van der Waals surface area contributed by atoms with E-state index in [1.165, 1.54) is 0 Å². The highest BCUT2D eigenvalue weighted by atomic mass is 16.5. The second-order valence-electron chi connectivity index (χ2n) is 5.26. The number of aromatic nitrogens is 2. The van der Waals surface area contributed by atoms with E-state index in [-0.39, 0.29) is 17.3 Å². The quantitative estimate of drug-likeness (QED) is 0.655. The zero-order chi connectivity index (χ0) is 14.7. The van der Waals surface area contributed by atoms with Gasteiger partial charge in [-0.25, -0.2) is 0 Å². The number of benzene rings is 1. The lowest BCUT2D eigenvalue weighted by molar-refractivity contribution is -0.624. The molecular formula is C15H18N2O3. The number of aromatic hydroxyl groups is 1. The third kappa shape index (κ3) is 2.99. The summed E-state index contributed by atoms with van der Waals surface area (Å²) in [6, 6.07) is 9.35. The van der Waals surface area contributed by atoms with Crippen molar-refractivity contribution < 1.29 is 9.84 Å². The van der Waals surface area contributed by atoms with Crippen molar-refractivity contribution in [2.45, 2.75) is 26.7 Å². The van der Waals surface area contributed by atoms with E-state index in [1.807, 2.05) is 44.2 Å². The maximum Gasteiger partial charge on any atom is 0.397 e. The van der Waals surface area contributed by atoms with Crippen LogP contribution in [0, 0.1) is 11.1 Å². The number of aromatic amines is 1. The maximum absolute atomic E-state index is 12.0. The standard InChI is InChI=1S/C15H18N2O3/c1-10(2)8-13-14(18)16-12(15(19)17(13)20)9-11-6-4-3-5-7-11/h3-7,10,19H,8-9H2,1-2H3,(H,16,18). The third-order valence-corrected chi connectivity index (χ3v) is 3.06. The smallest absolute Gasteiger partial charge is 0.397 e. The first-order valence-corrected chi connectivity index (χ1v) is 6.59. The Bertz CT molecular complexity index is 648. The average Bonchev–Trinajstić information content (AvgIpc) is 2.42. The van der Waals surface area contributed by atoms with Gasteiger partial charge in [0.15, 0.2) is 0 Å². The SMILES string of the molecule is CC(C)Cc1c(=O)[nH]c(Cc2ccccc2)c(O)[n+]1[O-]. The van der Waals surface area contributed by atoms with Crippen LogP contribution in [0.2, 0.25) is 0 Å². The monoisotopic (exact) mass is 274 g/mol. The molecule has 0 unspecified atom stereocenters. The second-order valence-corrected chi connectivity index (χ2v) is 5.26. The Morgan fingerprint density at radius 3 is 2.55 bits per heavy atom. The lowest BCUT2D eigenvalue weighted by atomic mass is 10.1. The Labute approximate surface area is 117 Å². The van der Waals surface area contributed by atoms with E-state index >= 15 is 0 Å². The fourth-order valence-electron chi connectivity index (χ4n) is 2.09. The van der Waals surface area contributed by atoms with Gasteiger partial charge >= 0.3 is 11.4 Å². The molecule has 20 heavy (non-hydrogen) atoms. The fraction of sp³-hybridized carbons (Fsp3) is 0.333. The number of H-pyrrole nitrogens is 1. The van der Waals surface area contributed by atoms with Gasteiger partial charge in [-0.05, 0) is 11.5 Å². The summed E-state index contributed by atoms with van der Waals surface area (Å²) in [6.45, 7) is 3.82. The van der Waals surface area contributed by atoms with E-state index in [4.69, 9.17) is 0 Å². The van der Waals surface area contributed by atoms with E-state index in [0.717, 1.165) is 5.56 Å². The van der Waals surface area contributed by atoms with Crippen molar-refractivity contribution in [2.75, 3.05) is 0 Å². The van der Waals surface area contributed by atoms with Crippen LogP contribution < -0.4 is 10.3 Å². The number of nitrogens with one attached hydrogen (secondary N) is 1. The van der Waals surface area contributed by atoms with Gasteiger partial charge in [-0.1, -0.05) is 44.2 Å². The van der Waals surface area contributed by atoms with Crippen molar-refractivity contribution in [3.05, 3.63) is 62.8 Å². The lowest BCUT2D eigenvalue weighted by Gasteiger charge is -2.10. The molecule has 2 aromatic rings. The van der Waals surface area contributed by atoms with Crippen LogP contribution in [0.4, 0.5) is 0 Å². The number of nitrogens with zero attached hydrogens (tertiary/aromatic N) is 1. The largest absolute Gasteiger partial charge is 0.616 e. The number of rotatable bonds is 4. The van der Waals surface area contributed by atoms with Crippen LogP contribution in [0.1, 0.15) is 30.8 Å². The van der Waals surface area contributed by atoms with E-state index < -0.39 is 11.4 Å². The molecule has 0 amide bonds. The highest BCUT2D eigenvalue weighted by Crippen LogP contribution is 2.13. The molecule has 0 aliphatic rings. The highest BCUT2D eigenvalue weighted by Gasteiger charge is 2.21. The molecule has 1 aromatic heterocycles. The van der Waals surface area contributed by atoms with Crippen LogP contribution in [0.3, 0.4) is 0 Å². The van der Waals surface area contributed by atoms with Gasteiger partial charge in [-0.3, -0.25) is 4.79 Å². The Morgan fingerprint density at radius 2 is 1.95 bits per heavy atom. The molecule has 0 atom stereocenters. The molecular weight excluding hydrogens is 256 g/mol. The summed E-state index contributed by atoms with van der Waals surface area (Å²) in [7, 11) is 0. The van der Waals surface area contributed by atoms with Gasteiger partial charge in [0.05, 0.1) is 0 Å². The zero-order valence-corrected chi connectivity index (χ0v) is 11.6. The summed E-state index contributed by atoms with van der Waals surface area (Å²) >= 11 is 0. The lowest BCUT2D eigenvalue weighted by Crippen LogP contribution is -2.41. The molecule has 0 bridgehead atoms. The summed E-state index contributed by atoms with van der Waals surface area (Å²) in [5, 5.41) is 21.9. The summed E-state index contributed by atoms with van der Waals surface area (Å²) in [6.07, 6.45) is 0.643. The Kier molecular flexibility index (Phi) is 4.08. The van der Waals surface area contributed by atoms with Gasteiger partial charge in [0.2, 0.25) is 0 Å². The minimum atomic E-state index is -0.433. The summed E-state index contributed by atoms with van der Waals surface area (Å²) in [4.78, 5) is 14.6. The van der Waals surface area contributed by atoms with Crippen LogP contribution in [0.15, 0.2) is 35.1 Å². The van der Waals surface area contributed by atoms with E-state index in [1.54, 1.807) is 0 Å². The van der Waals surface area contributed by atoms with Gasteiger partial charge in [0.1, 0.15) is 5.69 Å². The first-order valence-electron chi connectivity index (χ1n) is 6.59. The van der Waals surface area contributed by atoms with Crippen LogP contribution >= 0.6 is 0 Å². The molecule has 5 heteroatoms. The Morgan fingerprint density at radius 1 is 1.30 bits per heavy atom. The highest BCUT2D eigenvalue weighted by molar-refractivity contribution is 5.24. The molecule has 0 aliphatic heterocycles. The summed E-state index contributed by atoms with van der Waals surface area (Å²) in [5.41, 5.74) is 0.769. The van der Waals surface area contributed by atoms with Gasteiger partial charge in [0.25, 0.3) is 5.69 Å². The van der Waals surface area contributed by atoms with E-state index in [2.05, 4.69) is 4.98 Å². The van der Waals surface area contributed by atoms with Crippen molar-refractivity contribution >= 4 is 0 Å². The molecule has 2 rings (SSSR count). The second kappa shape index (κ2) is 5.77. The number of hydrogen-bond acceptors (Lipinski definition) is 3. The van der Waals surface area contributed by atoms with Crippen LogP contribution in [-0.2, 0) is 12.8 Å². The van der Waals surface area contributed by atoms with Gasteiger partial charge < -0.3 is 15.3 Å². The van der Waals surface area contributed by atoms with Crippen molar-refractivity contribution in [2.24, 2.45) is 5.92 Å². The van der Waals surface area contributed by atoms with Gasteiger partial charge in [0, 0.05) is 12.8 Å². The first kappa shape index (κ1) is 14.1. The average molecular weight is 274 g/mol. The molecule has 5 nitrogen and oxygen atoms in total. The molecule has 0 radical (unpaired) electrons. The summed E-state index contributed by atoms with van der Waals surface area (Å²) < 4.78 is 0.344. The Hall–Kier alpha value is -2.30. The van der Waals surface area contributed by atoms with Crippen molar-refractivity contribution in [3.63, 3.8) is 0 Å². The van der Waals surface area contributed by atoms with Crippen molar-refractivity contribution in [1.29, 1.82) is 0 Å². The van der Waals surface area contributed by atoms with Crippen LogP contribution in [0.25, 0.3) is 0 Å². The maximum atomic E-state index is 12.0. The van der Waals surface area contributed by atoms with E-state index in [9.17, 15) is 15.1 Å². The topological polar surface area (TPSA) is 80.0 Å². The molecule has 1 heterocycles. The van der Waals surface area contributed by atoms with Crippen molar-refractivity contribution in [1.82, 2.24) is 4.98 Å². The fourth-order valence-corrected chi connectivity index (χ4v) is 2.09. The third-order valence-electron chi connectivity index (χ3n) is 3.06. The van der Waals surface area contributed by atoms with Crippen molar-refractivity contribution in [3.8, 4) is 5.88 Å². The predicted molar refractivity (Wildman–Crippen MR) is 75.5 cm³/mol. The minimum absolute atomic E-state index is 0.0503. The molecule has 1 aromatic carbocycles. The predicted octanol–water partition coefficient (Wildman–Crippen LogP) is 1.50. The first-order chi connectivity index (χ1) is 9.49. The van der Waals surface area contributed by atoms with Gasteiger partial charge in [-0.15, -0.1) is 4.73 Å². The van der Waals surface area contributed by atoms with E-state index in [0.29, 0.717) is 17.6 Å². The minimum Gasteiger partial charge on any atom is -0.616 e. The van der Waals surface area contributed by atoms with Crippen LogP contribution in [0.5, 0.6) is 5.88 Å².